The minimum atomic E-state index is -0.558. The van der Waals surface area contributed by atoms with Crippen LogP contribution in [-0.4, -0.2) is 31.4 Å². The Morgan fingerprint density at radius 1 is 1.36 bits per heavy atom. The van der Waals surface area contributed by atoms with Crippen molar-refractivity contribution in [2.45, 2.75) is 27.3 Å². The first-order chi connectivity index (χ1) is 11.4. The summed E-state index contributed by atoms with van der Waals surface area (Å²) in [7, 11) is 0. The number of amides is 1. The molecular weight excluding hydrogens is 382 g/mol. The minimum absolute atomic E-state index is 0. The molecule has 0 aliphatic carbocycles. The van der Waals surface area contributed by atoms with E-state index in [0.717, 1.165) is 4.88 Å². The number of thiazole rings is 2. The van der Waals surface area contributed by atoms with Crippen LogP contribution in [0.3, 0.4) is 0 Å². The molecule has 0 bridgehead atoms. The largest absolute Gasteiger partial charge is 0.364 e. The van der Waals surface area contributed by atoms with E-state index in [-0.39, 0.29) is 31.2 Å². The molecule has 0 aromatic carbocycles. The molecule has 3 rings (SSSR count). The third kappa shape index (κ3) is 4.50. The molecule has 0 saturated heterocycles. The average Bonchev–Trinajstić information content (AvgIpc) is 3.20. The number of nitrogens with two attached hydrogens (primary N) is 1. The van der Waals surface area contributed by atoms with Gasteiger partial charge in [-0.05, 0) is 6.92 Å². The highest BCUT2D eigenvalue weighted by Gasteiger charge is 2.16. The van der Waals surface area contributed by atoms with Crippen LogP contribution >= 0.6 is 34.3 Å². The molecule has 10 heteroatoms. The molecule has 0 fully saturated rings. The smallest absolute Gasteiger partial charge is 0.277 e. The predicted octanol–water partition coefficient (Wildman–Crippen LogP) is 2.97. The van der Waals surface area contributed by atoms with Gasteiger partial charge in [0, 0.05) is 11.6 Å². The second-order valence-electron chi connectivity index (χ2n) is 5.00. The van der Waals surface area contributed by atoms with Crippen molar-refractivity contribution in [2.75, 3.05) is 0 Å². The average molecular weight is 398 g/mol. The number of carbonyl (C=O) groups is 2. The van der Waals surface area contributed by atoms with Gasteiger partial charge in [-0.3, -0.25) is 14.3 Å². The molecule has 0 saturated carbocycles. The fourth-order valence-corrected chi connectivity index (χ4v) is 3.99. The topological polar surface area (TPSA) is 104 Å². The molecule has 2 N–H and O–H groups in total. The van der Waals surface area contributed by atoms with Crippen molar-refractivity contribution in [1.29, 1.82) is 0 Å². The van der Waals surface area contributed by atoms with Crippen molar-refractivity contribution in [1.82, 2.24) is 19.7 Å². The van der Waals surface area contributed by atoms with Crippen molar-refractivity contribution in [3.05, 3.63) is 38.5 Å². The first kappa shape index (κ1) is 19.2. The first-order valence-electron chi connectivity index (χ1n) is 6.84. The zero-order valence-electron chi connectivity index (χ0n) is 12.5. The highest BCUT2D eigenvalue weighted by Crippen LogP contribution is 2.30. The summed E-state index contributed by atoms with van der Waals surface area (Å²) in [5, 5.41) is 7.26. The Kier molecular flexibility index (Phi) is 6.04. The van der Waals surface area contributed by atoms with E-state index < -0.39 is 5.91 Å². The normalized spacial score (nSPS) is 10.5. The maximum atomic E-state index is 12.1. The van der Waals surface area contributed by atoms with Crippen LogP contribution in [0.1, 0.15) is 27.9 Å². The van der Waals surface area contributed by atoms with E-state index in [2.05, 4.69) is 15.1 Å². The number of primary amides is 1. The standard InChI is InChI=1S/C14H12ClN5O2S2.CH4/c1-7-12(24-14(18-7)13(16)22)10-6-23-11(19-10)2-9(21)5-20-4-8(15)3-17-20;/h3-4,6H,2,5H2,1H3,(H2,16,22);1H4. The van der Waals surface area contributed by atoms with Gasteiger partial charge in [0.15, 0.2) is 10.8 Å². The number of Topliss-reactive ketones (excluding diaryl/α,β-unsaturated/α-hetero) is 1. The molecule has 0 aliphatic rings. The maximum Gasteiger partial charge on any atom is 0.277 e. The van der Waals surface area contributed by atoms with Crippen molar-refractivity contribution < 1.29 is 9.59 Å². The lowest BCUT2D eigenvalue weighted by Gasteiger charge is -1.98. The Balaban J connectivity index is 0.00000225. The van der Waals surface area contributed by atoms with Gasteiger partial charge in [-0.1, -0.05) is 19.0 Å². The zero-order valence-corrected chi connectivity index (χ0v) is 14.9. The number of hydrogen-bond acceptors (Lipinski definition) is 7. The van der Waals surface area contributed by atoms with Gasteiger partial charge in [0.1, 0.15) is 5.01 Å². The lowest BCUT2D eigenvalue weighted by Crippen LogP contribution is -2.12. The summed E-state index contributed by atoms with van der Waals surface area (Å²) in [6.45, 7) is 1.94. The zero-order chi connectivity index (χ0) is 17.3. The Morgan fingerprint density at radius 3 is 2.72 bits per heavy atom. The van der Waals surface area contributed by atoms with Crippen LogP contribution in [0.25, 0.3) is 10.6 Å². The summed E-state index contributed by atoms with van der Waals surface area (Å²) >= 11 is 8.36. The second-order valence-corrected chi connectivity index (χ2v) is 7.37. The number of rotatable bonds is 6. The van der Waals surface area contributed by atoms with Crippen LogP contribution in [0.4, 0.5) is 0 Å². The molecule has 0 unspecified atom stereocenters. The molecule has 0 aliphatic heterocycles. The molecule has 25 heavy (non-hydrogen) atoms. The monoisotopic (exact) mass is 397 g/mol. The van der Waals surface area contributed by atoms with Gasteiger partial charge in [-0.25, -0.2) is 9.97 Å². The van der Waals surface area contributed by atoms with E-state index in [1.807, 2.05) is 5.38 Å². The summed E-state index contributed by atoms with van der Waals surface area (Å²) < 4.78 is 1.49. The molecule has 3 heterocycles. The number of aromatic nitrogens is 4. The SMILES string of the molecule is C.Cc1nc(C(N)=O)sc1-c1csc(CC(=O)Cn2cc(Cl)cn2)n1. The Bertz CT molecular complexity index is 915. The summed E-state index contributed by atoms with van der Waals surface area (Å²) in [6.07, 6.45) is 3.29. The van der Waals surface area contributed by atoms with E-state index in [9.17, 15) is 9.59 Å². The second kappa shape index (κ2) is 7.85. The van der Waals surface area contributed by atoms with Gasteiger partial charge in [0.2, 0.25) is 0 Å². The van der Waals surface area contributed by atoms with Gasteiger partial charge in [-0.15, -0.1) is 22.7 Å². The van der Waals surface area contributed by atoms with Crippen molar-refractivity contribution in [2.24, 2.45) is 5.73 Å². The lowest BCUT2D eigenvalue weighted by atomic mass is 10.3. The third-order valence-corrected chi connectivity index (χ3v) is 5.32. The van der Waals surface area contributed by atoms with Crippen LogP contribution in [0.2, 0.25) is 5.02 Å². The molecule has 3 aromatic heterocycles. The van der Waals surface area contributed by atoms with Crippen LogP contribution in [-0.2, 0) is 17.8 Å². The van der Waals surface area contributed by atoms with Gasteiger partial charge in [-0.2, -0.15) is 5.10 Å². The molecule has 3 aromatic rings. The van der Waals surface area contributed by atoms with Gasteiger partial charge in [0.05, 0.1) is 40.5 Å². The van der Waals surface area contributed by atoms with Crippen LogP contribution in [0.5, 0.6) is 0 Å². The number of halogens is 1. The molecule has 0 radical (unpaired) electrons. The fraction of sp³-hybridized carbons (Fsp3) is 0.267. The summed E-state index contributed by atoms with van der Waals surface area (Å²) in [5.74, 6) is -0.576. The first-order valence-corrected chi connectivity index (χ1v) is 8.91. The van der Waals surface area contributed by atoms with Gasteiger partial charge in [0.25, 0.3) is 5.91 Å². The van der Waals surface area contributed by atoms with E-state index in [1.165, 1.54) is 33.6 Å². The maximum absolute atomic E-state index is 12.1. The Morgan fingerprint density at radius 2 is 2.12 bits per heavy atom. The van der Waals surface area contributed by atoms with E-state index in [4.69, 9.17) is 17.3 Å². The van der Waals surface area contributed by atoms with Crippen molar-refractivity contribution in [3.63, 3.8) is 0 Å². The lowest BCUT2D eigenvalue weighted by molar-refractivity contribution is -0.119. The van der Waals surface area contributed by atoms with Crippen molar-refractivity contribution in [3.8, 4) is 10.6 Å². The highest BCUT2D eigenvalue weighted by atomic mass is 35.5. The van der Waals surface area contributed by atoms with E-state index in [0.29, 0.717) is 21.4 Å². The molecule has 0 atom stereocenters. The Labute approximate surface area is 157 Å². The summed E-state index contributed by atoms with van der Waals surface area (Å²) in [5.41, 5.74) is 6.65. The van der Waals surface area contributed by atoms with Crippen molar-refractivity contribution >= 4 is 46.0 Å². The summed E-state index contributed by atoms with van der Waals surface area (Å²) in [4.78, 5) is 32.7. The minimum Gasteiger partial charge on any atom is -0.364 e. The molecule has 132 valence electrons. The number of nitrogens with zero attached hydrogens (tertiary/aromatic N) is 4. The Hall–Kier alpha value is -2.10. The fourth-order valence-electron chi connectivity index (χ4n) is 2.07. The molecule has 0 spiro atoms. The van der Waals surface area contributed by atoms with Crippen LogP contribution < -0.4 is 5.73 Å². The highest BCUT2D eigenvalue weighted by molar-refractivity contribution is 7.17. The number of hydrogen-bond donors (Lipinski definition) is 1. The molecular formula is C15H16ClN5O2S2. The molecule has 1 amide bonds. The predicted molar refractivity (Wildman–Crippen MR) is 99.2 cm³/mol. The number of aryl methyl sites for hydroxylation is 1. The number of ketones is 1. The van der Waals surface area contributed by atoms with E-state index in [1.54, 1.807) is 13.1 Å². The van der Waals surface area contributed by atoms with E-state index >= 15 is 0 Å². The quantitative estimate of drug-likeness (QED) is 0.688. The van der Waals surface area contributed by atoms with Crippen LogP contribution in [0.15, 0.2) is 17.8 Å². The summed E-state index contributed by atoms with van der Waals surface area (Å²) in [6, 6.07) is 0. The molecule has 7 nitrogen and oxygen atoms in total. The number of carbonyl (C=O) groups excluding carboxylic acids is 2. The third-order valence-electron chi connectivity index (χ3n) is 3.08. The van der Waals surface area contributed by atoms with Crippen LogP contribution in [0, 0.1) is 6.92 Å². The van der Waals surface area contributed by atoms with Gasteiger partial charge < -0.3 is 5.73 Å². The van der Waals surface area contributed by atoms with Gasteiger partial charge >= 0.3 is 0 Å².